The van der Waals surface area contributed by atoms with Crippen molar-refractivity contribution < 1.29 is 30.6 Å². The zero-order valence-electron chi connectivity index (χ0n) is 8.99. The molecule has 0 saturated heterocycles. The lowest BCUT2D eigenvalue weighted by Crippen LogP contribution is -1.84. The number of phenols is 6. The lowest BCUT2D eigenvalue weighted by Gasteiger charge is -2.12. The molecule has 18 heavy (non-hydrogen) atoms. The van der Waals surface area contributed by atoms with Crippen molar-refractivity contribution in [2.75, 3.05) is 0 Å². The van der Waals surface area contributed by atoms with Crippen LogP contribution in [0.4, 0.5) is 0 Å². The van der Waals surface area contributed by atoms with Crippen LogP contribution < -0.4 is 0 Å². The predicted octanol–water partition coefficient (Wildman–Crippen LogP) is 1.59. The van der Waals surface area contributed by atoms with Crippen LogP contribution in [0.2, 0.25) is 0 Å². The van der Waals surface area contributed by atoms with E-state index < -0.39 is 28.7 Å². The van der Waals surface area contributed by atoms with E-state index in [0.29, 0.717) is 0 Å². The van der Waals surface area contributed by atoms with Crippen LogP contribution in [-0.2, 0) is 0 Å². The molecule has 0 saturated carbocycles. The van der Waals surface area contributed by atoms with Gasteiger partial charge < -0.3 is 30.6 Å². The third-order valence-corrected chi connectivity index (χ3v) is 2.53. The van der Waals surface area contributed by atoms with E-state index in [1.165, 1.54) is 24.3 Å². The van der Waals surface area contributed by atoms with Crippen molar-refractivity contribution in [1.82, 2.24) is 0 Å². The SMILES string of the molecule is Oc1ccc(-c2c(O)c(O)c(O)c(O)c2O)cc1. The average Bonchev–Trinajstić information content (AvgIpc) is 2.36. The maximum atomic E-state index is 9.66. The molecule has 6 nitrogen and oxygen atoms in total. The van der Waals surface area contributed by atoms with E-state index in [9.17, 15) is 25.5 Å². The van der Waals surface area contributed by atoms with Crippen molar-refractivity contribution in [3.8, 4) is 45.6 Å². The van der Waals surface area contributed by atoms with Gasteiger partial charge in [0.05, 0.1) is 5.56 Å². The molecular weight excluding hydrogens is 240 g/mol. The van der Waals surface area contributed by atoms with Crippen LogP contribution in [-0.4, -0.2) is 30.6 Å². The molecule has 2 aromatic carbocycles. The van der Waals surface area contributed by atoms with Crippen molar-refractivity contribution in [2.45, 2.75) is 0 Å². The summed E-state index contributed by atoms with van der Waals surface area (Å²) in [5.41, 5.74) is -0.00352. The van der Waals surface area contributed by atoms with E-state index in [4.69, 9.17) is 5.11 Å². The van der Waals surface area contributed by atoms with Crippen LogP contribution in [0.3, 0.4) is 0 Å². The minimum Gasteiger partial charge on any atom is -0.508 e. The number of hydrogen-bond donors (Lipinski definition) is 6. The first-order valence-corrected chi connectivity index (χ1v) is 4.91. The summed E-state index contributed by atoms with van der Waals surface area (Å²) in [6.45, 7) is 0. The van der Waals surface area contributed by atoms with Gasteiger partial charge in [-0.25, -0.2) is 0 Å². The van der Waals surface area contributed by atoms with Crippen LogP contribution in [0.5, 0.6) is 34.5 Å². The molecule has 6 N–H and O–H groups in total. The van der Waals surface area contributed by atoms with Gasteiger partial charge in [0.2, 0.25) is 17.2 Å². The molecule has 0 aliphatic carbocycles. The highest BCUT2D eigenvalue weighted by molar-refractivity contribution is 5.85. The molecule has 0 radical (unpaired) electrons. The zero-order chi connectivity index (χ0) is 13.4. The topological polar surface area (TPSA) is 121 Å². The van der Waals surface area contributed by atoms with Gasteiger partial charge in [0.15, 0.2) is 11.5 Å². The summed E-state index contributed by atoms with van der Waals surface area (Å²) >= 11 is 0. The monoisotopic (exact) mass is 250 g/mol. The molecule has 0 fully saturated rings. The van der Waals surface area contributed by atoms with E-state index in [-0.39, 0.29) is 16.9 Å². The predicted molar refractivity (Wildman–Crippen MR) is 61.9 cm³/mol. The molecule has 6 heteroatoms. The van der Waals surface area contributed by atoms with E-state index in [1.54, 1.807) is 0 Å². The van der Waals surface area contributed by atoms with Gasteiger partial charge in [0.25, 0.3) is 0 Å². The number of hydrogen-bond acceptors (Lipinski definition) is 6. The second kappa shape index (κ2) is 3.92. The highest BCUT2D eigenvalue weighted by Crippen LogP contribution is 2.54. The molecule has 2 aromatic rings. The van der Waals surface area contributed by atoms with E-state index in [2.05, 4.69) is 0 Å². The molecule has 94 valence electrons. The van der Waals surface area contributed by atoms with Crippen molar-refractivity contribution in [2.24, 2.45) is 0 Å². The van der Waals surface area contributed by atoms with Crippen LogP contribution in [0.25, 0.3) is 11.1 Å². The first-order chi connectivity index (χ1) is 8.43. The average molecular weight is 250 g/mol. The van der Waals surface area contributed by atoms with Crippen LogP contribution in [0.1, 0.15) is 0 Å². The van der Waals surface area contributed by atoms with Crippen LogP contribution in [0.15, 0.2) is 24.3 Å². The zero-order valence-corrected chi connectivity index (χ0v) is 8.99. The molecule has 0 spiro atoms. The van der Waals surface area contributed by atoms with Gasteiger partial charge in [-0.15, -0.1) is 0 Å². The van der Waals surface area contributed by atoms with Crippen molar-refractivity contribution in [1.29, 1.82) is 0 Å². The normalized spacial score (nSPS) is 10.4. The molecule has 0 heterocycles. The van der Waals surface area contributed by atoms with Gasteiger partial charge >= 0.3 is 0 Å². The fraction of sp³-hybridized carbons (Fsp3) is 0. The van der Waals surface area contributed by atoms with Gasteiger partial charge in [0, 0.05) is 0 Å². The van der Waals surface area contributed by atoms with Crippen molar-refractivity contribution in [3.63, 3.8) is 0 Å². The van der Waals surface area contributed by atoms with E-state index in [0.717, 1.165) is 0 Å². The molecule has 0 aliphatic rings. The second-order valence-corrected chi connectivity index (χ2v) is 3.66. The quantitative estimate of drug-likeness (QED) is 0.337. The Morgan fingerprint density at radius 1 is 0.500 bits per heavy atom. The maximum Gasteiger partial charge on any atom is 0.208 e. The van der Waals surface area contributed by atoms with Crippen LogP contribution in [0, 0.1) is 0 Å². The summed E-state index contributed by atoms with van der Waals surface area (Å²) in [6.07, 6.45) is 0. The molecule has 0 amide bonds. The Bertz CT molecular complexity index is 574. The first-order valence-electron chi connectivity index (χ1n) is 4.91. The highest BCUT2D eigenvalue weighted by atomic mass is 16.4. The lowest BCUT2D eigenvalue weighted by atomic mass is 10.0. The molecule has 0 atom stereocenters. The van der Waals surface area contributed by atoms with Gasteiger partial charge in [-0.3, -0.25) is 0 Å². The summed E-state index contributed by atoms with van der Waals surface area (Å²) in [5, 5.41) is 56.5. The third kappa shape index (κ3) is 1.60. The van der Waals surface area contributed by atoms with Gasteiger partial charge in [-0.05, 0) is 17.7 Å². The third-order valence-electron chi connectivity index (χ3n) is 2.53. The van der Waals surface area contributed by atoms with Crippen molar-refractivity contribution >= 4 is 0 Å². The summed E-state index contributed by atoms with van der Waals surface area (Å²) in [7, 11) is 0. The molecule has 0 aromatic heterocycles. The van der Waals surface area contributed by atoms with Gasteiger partial charge in [-0.2, -0.15) is 0 Å². The largest absolute Gasteiger partial charge is 0.508 e. The van der Waals surface area contributed by atoms with Gasteiger partial charge in [0.1, 0.15) is 5.75 Å². The fourth-order valence-electron chi connectivity index (χ4n) is 1.59. The summed E-state index contributed by atoms with van der Waals surface area (Å²) < 4.78 is 0. The molecule has 0 unspecified atom stereocenters. The minimum absolute atomic E-state index is 0.0232. The smallest absolute Gasteiger partial charge is 0.208 e. The van der Waals surface area contributed by atoms with Crippen LogP contribution >= 0.6 is 0 Å². The Labute approximate surface area is 101 Å². The molecular formula is C12H10O6. The molecule has 2 rings (SSSR count). The summed E-state index contributed by atoms with van der Waals surface area (Å²) in [6, 6.07) is 5.32. The highest BCUT2D eigenvalue weighted by Gasteiger charge is 2.23. The number of rotatable bonds is 1. The Balaban J connectivity index is 2.75. The van der Waals surface area contributed by atoms with Gasteiger partial charge in [-0.1, -0.05) is 12.1 Å². The molecule has 0 aliphatic heterocycles. The Kier molecular flexibility index (Phi) is 2.55. The minimum atomic E-state index is -1.01. The fourth-order valence-corrected chi connectivity index (χ4v) is 1.59. The Hall–Kier alpha value is -2.76. The molecule has 0 bridgehead atoms. The second-order valence-electron chi connectivity index (χ2n) is 3.66. The Morgan fingerprint density at radius 3 is 1.33 bits per heavy atom. The van der Waals surface area contributed by atoms with E-state index >= 15 is 0 Å². The summed E-state index contributed by atoms with van der Waals surface area (Å²) in [5.74, 6) is -4.44. The number of aromatic hydroxyl groups is 6. The maximum absolute atomic E-state index is 9.66. The van der Waals surface area contributed by atoms with Crippen molar-refractivity contribution in [3.05, 3.63) is 24.3 Å². The number of phenolic OH excluding ortho intramolecular Hbond substituents is 6. The number of benzene rings is 2. The standard InChI is InChI=1S/C12H10O6/c13-6-3-1-5(2-4-6)7-8(14)10(16)12(18)11(17)9(7)15/h1-4,13-18H. The Morgan fingerprint density at radius 2 is 0.889 bits per heavy atom. The van der Waals surface area contributed by atoms with E-state index in [1.807, 2.05) is 0 Å². The first kappa shape index (κ1) is 11.7. The summed E-state index contributed by atoms with van der Waals surface area (Å²) in [4.78, 5) is 0. The lowest BCUT2D eigenvalue weighted by molar-refractivity contribution is 0.330.